The highest BCUT2D eigenvalue weighted by atomic mass is 79.9. The maximum Gasteiger partial charge on any atom is 0.212 e. The molecule has 0 amide bonds. The predicted molar refractivity (Wildman–Crippen MR) is 67.5 cm³/mol. The Morgan fingerprint density at radius 1 is 0.929 bits per heavy atom. The Morgan fingerprint density at radius 2 is 1.36 bits per heavy atom. The number of halogens is 2. The highest BCUT2D eigenvalue weighted by Crippen LogP contribution is 2.28. The minimum absolute atomic E-state index is 0.0939. The van der Waals surface area contributed by atoms with Gasteiger partial charge in [0.25, 0.3) is 0 Å². The maximum absolute atomic E-state index is 11.9. The third-order valence-electron chi connectivity index (χ3n) is 1.59. The van der Waals surface area contributed by atoms with E-state index in [1.807, 2.05) is 24.3 Å². The van der Waals surface area contributed by atoms with Crippen LogP contribution in [0.15, 0.2) is 31.8 Å². The van der Waals surface area contributed by atoms with Gasteiger partial charge in [-0.1, -0.05) is 0 Å². The smallest absolute Gasteiger partial charge is 0.212 e. The SMILES string of the molecule is O=C(c1ccc(Br)s1)c1ccc(Br)s1. The van der Waals surface area contributed by atoms with E-state index in [1.165, 1.54) is 22.7 Å². The predicted octanol–water partition coefficient (Wildman–Crippen LogP) is 4.57. The van der Waals surface area contributed by atoms with E-state index in [4.69, 9.17) is 0 Å². The monoisotopic (exact) mass is 350 g/mol. The quantitative estimate of drug-likeness (QED) is 0.724. The lowest BCUT2D eigenvalue weighted by molar-refractivity contribution is 0.104. The molecule has 0 aromatic carbocycles. The van der Waals surface area contributed by atoms with Crippen molar-refractivity contribution in [2.75, 3.05) is 0 Å². The summed E-state index contributed by atoms with van der Waals surface area (Å²) in [7, 11) is 0. The summed E-state index contributed by atoms with van der Waals surface area (Å²) in [6.07, 6.45) is 0. The molecule has 0 saturated heterocycles. The van der Waals surface area contributed by atoms with Gasteiger partial charge in [0, 0.05) is 0 Å². The summed E-state index contributed by atoms with van der Waals surface area (Å²) in [6.45, 7) is 0. The van der Waals surface area contributed by atoms with Crippen LogP contribution < -0.4 is 0 Å². The zero-order valence-corrected chi connectivity index (χ0v) is 11.6. The van der Waals surface area contributed by atoms with E-state index >= 15 is 0 Å². The lowest BCUT2D eigenvalue weighted by atomic mass is 10.3. The number of carbonyl (C=O) groups excluding carboxylic acids is 1. The summed E-state index contributed by atoms with van der Waals surface area (Å²) in [5, 5.41) is 0. The summed E-state index contributed by atoms with van der Waals surface area (Å²) in [6, 6.07) is 7.45. The summed E-state index contributed by atoms with van der Waals surface area (Å²) in [5.74, 6) is 0.0939. The topological polar surface area (TPSA) is 17.1 Å². The van der Waals surface area contributed by atoms with Crippen LogP contribution in [0.1, 0.15) is 14.5 Å². The highest BCUT2D eigenvalue weighted by Gasteiger charge is 2.13. The molecule has 0 atom stereocenters. The summed E-state index contributed by atoms with van der Waals surface area (Å²) >= 11 is 9.59. The van der Waals surface area contributed by atoms with Crippen molar-refractivity contribution in [1.29, 1.82) is 0 Å². The lowest BCUT2D eigenvalue weighted by Crippen LogP contribution is -1.93. The van der Waals surface area contributed by atoms with E-state index in [1.54, 1.807) is 0 Å². The first-order valence-corrected chi connectivity index (χ1v) is 6.94. The van der Waals surface area contributed by atoms with Crippen molar-refractivity contribution in [2.24, 2.45) is 0 Å². The zero-order chi connectivity index (χ0) is 10.1. The third kappa shape index (κ3) is 2.16. The Labute approximate surface area is 106 Å². The van der Waals surface area contributed by atoms with Gasteiger partial charge in [0.1, 0.15) is 0 Å². The van der Waals surface area contributed by atoms with Crippen molar-refractivity contribution in [2.45, 2.75) is 0 Å². The van der Waals surface area contributed by atoms with Crippen molar-refractivity contribution in [3.8, 4) is 0 Å². The fourth-order valence-electron chi connectivity index (χ4n) is 0.994. The van der Waals surface area contributed by atoms with Gasteiger partial charge in [-0.05, 0) is 56.1 Å². The van der Waals surface area contributed by atoms with Crippen LogP contribution in [0.4, 0.5) is 0 Å². The van der Waals surface area contributed by atoms with E-state index in [0.717, 1.165) is 17.3 Å². The summed E-state index contributed by atoms with van der Waals surface area (Å²) in [5.41, 5.74) is 0. The zero-order valence-electron chi connectivity index (χ0n) is 6.79. The molecule has 0 aliphatic heterocycles. The molecule has 5 heteroatoms. The molecule has 0 aliphatic rings. The summed E-state index contributed by atoms with van der Waals surface area (Å²) < 4.78 is 1.97. The van der Waals surface area contributed by atoms with Crippen LogP contribution >= 0.6 is 54.5 Å². The van der Waals surface area contributed by atoms with Crippen LogP contribution in [0.3, 0.4) is 0 Å². The van der Waals surface area contributed by atoms with Crippen molar-refractivity contribution in [3.05, 3.63) is 41.6 Å². The Morgan fingerprint density at radius 3 is 1.64 bits per heavy atom. The van der Waals surface area contributed by atoms with E-state index < -0.39 is 0 Å². The lowest BCUT2D eigenvalue weighted by Gasteiger charge is -1.90. The number of ketones is 1. The van der Waals surface area contributed by atoms with Crippen molar-refractivity contribution < 1.29 is 4.79 Å². The molecule has 0 bridgehead atoms. The first-order valence-electron chi connectivity index (χ1n) is 3.72. The third-order valence-corrected chi connectivity index (χ3v) is 4.84. The number of carbonyl (C=O) groups is 1. The normalized spacial score (nSPS) is 10.4. The molecule has 0 spiro atoms. The molecule has 0 aliphatic carbocycles. The largest absolute Gasteiger partial charge is 0.287 e. The minimum atomic E-state index is 0.0939. The molecule has 0 saturated carbocycles. The average Bonchev–Trinajstić information content (AvgIpc) is 2.73. The molecule has 2 heterocycles. The Hall–Kier alpha value is 0.0300. The van der Waals surface area contributed by atoms with Gasteiger partial charge < -0.3 is 0 Å². The van der Waals surface area contributed by atoms with Gasteiger partial charge in [-0.25, -0.2) is 0 Å². The number of thiophene rings is 2. The molecule has 2 rings (SSSR count). The molecule has 0 radical (unpaired) electrons. The van der Waals surface area contributed by atoms with E-state index in [-0.39, 0.29) is 5.78 Å². The van der Waals surface area contributed by atoms with Gasteiger partial charge in [0.05, 0.1) is 17.3 Å². The van der Waals surface area contributed by atoms with Crippen LogP contribution in [0.5, 0.6) is 0 Å². The first-order chi connectivity index (χ1) is 6.66. The van der Waals surface area contributed by atoms with Crippen LogP contribution in [0, 0.1) is 0 Å². The second kappa shape index (κ2) is 4.26. The van der Waals surface area contributed by atoms with E-state index in [0.29, 0.717) is 0 Å². The van der Waals surface area contributed by atoms with Crippen LogP contribution in [-0.4, -0.2) is 5.78 Å². The Bertz CT molecular complexity index is 430. The van der Waals surface area contributed by atoms with Gasteiger partial charge >= 0.3 is 0 Å². The van der Waals surface area contributed by atoms with E-state index in [2.05, 4.69) is 31.9 Å². The molecule has 0 unspecified atom stereocenters. The molecule has 2 aromatic rings. The van der Waals surface area contributed by atoms with E-state index in [9.17, 15) is 4.79 Å². The second-order valence-electron chi connectivity index (χ2n) is 2.54. The van der Waals surface area contributed by atoms with Crippen LogP contribution in [0.2, 0.25) is 0 Å². The number of hydrogen-bond acceptors (Lipinski definition) is 3. The van der Waals surface area contributed by atoms with Gasteiger partial charge in [-0.15, -0.1) is 22.7 Å². The van der Waals surface area contributed by atoms with Crippen LogP contribution in [0.25, 0.3) is 0 Å². The molecule has 2 aromatic heterocycles. The highest BCUT2D eigenvalue weighted by molar-refractivity contribution is 9.11. The Kier molecular flexibility index (Phi) is 3.21. The summed E-state index contributed by atoms with van der Waals surface area (Å²) in [4.78, 5) is 13.4. The fourth-order valence-corrected chi connectivity index (χ4v) is 3.74. The maximum atomic E-state index is 11.9. The van der Waals surface area contributed by atoms with Gasteiger partial charge in [0.2, 0.25) is 5.78 Å². The number of hydrogen-bond donors (Lipinski definition) is 0. The molecular weight excluding hydrogens is 348 g/mol. The van der Waals surface area contributed by atoms with Gasteiger partial charge in [-0.2, -0.15) is 0 Å². The van der Waals surface area contributed by atoms with Gasteiger partial charge in [0.15, 0.2) is 0 Å². The first kappa shape index (κ1) is 10.5. The molecule has 14 heavy (non-hydrogen) atoms. The Balaban J connectivity index is 2.33. The molecule has 0 fully saturated rings. The molecule has 1 nitrogen and oxygen atoms in total. The standard InChI is InChI=1S/C9H4Br2OS2/c10-7-3-1-5(13-7)9(12)6-2-4-8(11)14-6/h1-4H. The second-order valence-corrected chi connectivity index (χ2v) is 7.46. The van der Waals surface area contributed by atoms with Crippen molar-refractivity contribution >= 4 is 60.3 Å². The minimum Gasteiger partial charge on any atom is -0.287 e. The molecular formula is C9H4Br2OS2. The molecule has 0 N–H and O–H groups in total. The molecule has 72 valence electrons. The van der Waals surface area contributed by atoms with Crippen LogP contribution in [-0.2, 0) is 0 Å². The fraction of sp³-hybridized carbons (Fsp3) is 0. The van der Waals surface area contributed by atoms with Crippen molar-refractivity contribution in [3.63, 3.8) is 0 Å². The van der Waals surface area contributed by atoms with Gasteiger partial charge in [-0.3, -0.25) is 4.79 Å². The van der Waals surface area contributed by atoms with Crippen molar-refractivity contribution in [1.82, 2.24) is 0 Å². The average molecular weight is 352 g/mol. The number of rotatable bonds is 2.